The summed E-state index contributed by atoms with van der Waals surface area (Å²) in [6.07, 6.45) is 5.87. The number of carbonyl (C=O) groups is 2. The molecule has 1 amide bonds. The summed E-state index contributed by atoms with van der Waals surface area (Å²) in [6.45, 7) is 4.57. The average molecular weight is 267 g/mol. The number of nitrogens with zero attached hydrogens (tertiary/aromatic N) is 1. The molecule has 4 heteroatoms. The Kier molecular flexibility index (Phi) is 4.16. The predicted molar refractivity (Wildman–Crippen MR) is 72.7 cm³/mol. The number of likely N-dealkylation sites (tertiary alicyclic amines) is 1. The van der Waals surface area contributed by atoms with E-state index in [1.165, 1.54) is 12.8 Å². The summed E-state index contributed by atoms with van der Waals surface area (Å²) >= 11 is 0. The number of fused-ring (bicyclic) bond motifs is 1. The summed E-state index contributed by atoms with van der Waals surface area (Å²) in [6, 6.07) is 0.396. The largest absolute Gasteiger partial charge is 0.481 e. The van der Waals surface area contributed by atoms with Crippen molar-refractivity contribution in [3.05, 3.63) is 0 Å². The SMILES string of the molecule is CCC(CC)(CC(=O)N1CCC2CCCC21)C(=O)O. The van der Waals surface area contributed by atoms with E-state index in [-0.39, 0.29) is 12.3 Å². The van der Waals surface area contributed by atoms with Crippen LogP contribution in [0.2, 0.25) is 0 Å². The molecule has 0 radical (unpaired) electrons. The summed E-state index contributed by atoms with van der Waals surface area (Å²) in [4.78, 5) is 26.0. The van der Waals surface area contributed by atoms with Crippen molar-refractivity contribution >= 4 is 11.9 Å². The Balaban J connectivity index is 2.05. The number of carboxylic acids is 1. The number of hydrogen-bond donors (Lipinski definition) is 1. The maximum Gasteiger partial charge on any atom is 0.310 e. The molecule has 2 atom stereocenters. The molecule has 108 valence electrons. The van der Waals surface area contributed by atoms with Gasteiger partial charge in [-0.2, -0.15) is 0 Å². The van der Waals surface area contributed by atoms with E-state index in [9.17, 15) is 14.7 Å². The molecule has 1 aliphatic heterocycles. The lowest BCUT2D eigenvalue weighted by molar-refractivity contribution is -0.154. The lowest BCUT2D eigenvalue weighted by Crippen LogP contribution is -2.41. The molecule has 2 unspecified atom stereocenters. The highest BCUT2D eigenvalue weighted by Gasteiger charge is 2.43. The number of carbonyl (C=O) groups excluding carboxylic acids is 1. The standard InChI is InChI=1S/C15H25NO3/c1-3-15(4-2,14(18)19)10-13(17)16-9-8-11-6-5-7-12(11)16/h11-12H,3-10H2,1-2H3,(H,18,19). The minimum Gasteiger partial charge on any atom is -0.481 e. The Morgan fingerprint density at radius 2 is 1.89 bits per heavy atom. The van der Waals surface area contributed by atoms with Gasteiger partial charge in [0.25, 0.3) is 0 Å². The lowest BCUT2D eigenvalue weighted by Gasteiger charge is -2.31. The predicted octanol–water partition coefficient (Wildman–Crippen LogP) is 2.67. The number of aliphatic carboxylic acids is 1. The van der Waals surface area contributed by atoms with Gasteiger partial charge in [-0.3, -0.25) is 9.59 Å². The van der Waals surface area contributed by atoms with Crippen LogP contribution < -0.4 is 0 Å². The molecule has 1 heterocycles. The van der Waals surface area contributed by atoms with Gasteiger partial charge in [-0.25, -0.2) is 0 Å². The normalized spacial score (nSPS) is 26.5. The smallest absolute Gasteiger partial charge is 0.310 e. The first-order chi connectivity index (χ1) is 9.04. The zero-order valence-corrected chi connectivity index (χ0v) is 12.0. The molecule has 0 spiro atoms. The van der Waals surface area contributed by atoms with Gasteiger partial charge in [-0.05, 0) is 38.0 Å². The van der Waals surface area contributed by atoms with E-state index in [0.29, 0.717) is 24.8 Å². The first kappa shape index (κ1) is 14.4. The molecule has 2 fully saturated rings. The topological polar surface area (TPSA) is 57.6 Å². The summed E-state index contributed by atoms with van der Waals surface area (Å²) in [5.74, 6) is -0.0973. The average Bonchev–Trinajstić information content (AvgIpc) is 2.97. The first-order valence-corrected chi connectivity index (χ1v) is 7.57. The van der Waals surface area contributed by atoms with Gasteiger partial charge in [0.15, 0.2) is 0 Å². The van der Waals surface area contributed by atoms with Crippen LogP contribution in [-0.2, 0) is 9.59 Å². The second-order valence-corrected chi connectivity index (χ2v) is 6.10. The van der Waals surface area contributed by atoms with Gasteiger partial charge >= 0.3 is 5.97 Å². The molecule has 2 aliphatic rings. The monoisotopic (exact) mass is 267 g/mol. The van der Waals surface area contributed by atoms with Crippen LogP contribution >= 0.6 is 0 Å². The summed E-state index contributed by atoms with van der Waals surface area (Å²) in [7, 11) is 0. The van der Waals surface area contributed by atoms with E-state index in [1.54, 1.807) is 0 Å². The molecule has 2 rings (SSSR count). The van der Waals surface area contributed by atoms with E-state index >= 15 is 0 Å². The second kappa shape index (κ2) is 5.51. The molecule has 1 saturated carbocycles. The summed E-state index contributed by atoms with van der Waals surface area (Å²) in [5, 5.41) is 9.43. The Labute approximate surface area is 115 Å². The maximum absolute atomic E-state index is 12.5. The quantitative estimate of drug-likeness (QED) is 0.833. The number of hydrogen-bond acceptors (Lipinski definition) is 2. The van der Waals surface area contributed by atoms with Crippen LogP contribution in [0.4, 0.5) is 0 Å². The number of rotatable bonds is 5. The highest BCUT2D eigenvalue weighted by atomic mass is 16.4. The van der Waals surface area contributed by atoms with Crippen LogP contribution in [0.25, 0.3) is 0 Å². The zero-order valence-electron chi connectivity index (χ0n) is 12.0. The zero-order chi connectivity index (χ0) is 14.0. The van der Waals surface area contributed by atoms with Crippen molar-refractivity contribution in [2.75, 3.05) is 6.54 Å². The van der Waals surface area contributed by atoms with Crippen molar-refractivity contribution in [3.63, 3.8) is 0 Å². The first-order valence-electron chi connectivity index (χ1n) is 7.57. The van der Waals surface area contributed by atoms with Crippen LogP contribution in [0, 0.1) is 11.3 Å². The molecule has 1 aliphatic carbocycles. The molecule has 0 aromatic carbocycles. The van der Waals surface area contributed by atoms with Crippen LogP contribution in [0.1, 0.15) is 58.8 Å². The Hall–Kier alpha value is -1.06. The van der Waals surface area contributed by atoms with Crippen molar-refractivity contribution < 1.29 is 14.7 Å². The molecule has 0 aromatic rings. The van der Waals surface area contributed by atoms with Crippen LogP contribution in [0.5, 0.6) is 0 Å². The second-order valence-electron chi connectivity index (χ2n) is 6.10. The third-order valence-corrected chi connectivity index (χ3v) is 5.38. The summed E-state index contributed by atoms with van der Waals surface area (Å²) in [5.41, 5.74) is -0.867. The fourth-order valence-electron chi connectivity index (χ4n) is 3.81. The van der Waals surface area contributed by atoms with E-state index in [1.807, 2.05) is 18.7 Å². The van der Waals surface area contributed by atoms with Gasteiger partial charge in [0.2, 0.25) is 5.91 Å². The van der Waals surface area contributed by atoms with Crippen LogP contribution in [-0.4, -0.2) is 34.5 Å². The Morgan fingerprint density at radius 3 is 2.47 bits per heavy atom. The van der Waals surface area contributed by atoms with Crippen molar-refractivity contribution in [2.45, 2.75) is 64.8 Å². The third-order valence-electron chi connectivity index (χ3n) is 5.38. The minimum atomic E-state index is -0.867. The van der Waals surface area contributed by atoms with Crippen molar-refractivity contribution in [3.8, 4) is 0 Å². The van der Waals surface area contributed by atoms with Gasteiger partial charge in [-0.1, -0.05) is 20.3 Å². The third kappa shape index (κ3) is 2.49. The highest BCUT2D eigenvalue weighted by Crippen LogP contribution is 2.40. The minimum absolute atomic E-state index is 0.0560. The van der Waals surface area contributed by atoms with Crippen LogP contribution in [0.3, 0.4) is 0 Å². The molecular weight excluding hydrogens is 242 g/mol. The Morgan fingerprint density at radius 1 is 1.21 bits per heavy atom. The summed E-state index contributed by atoms with van der Waals surface area (Å²) < 4.78 is 0. The molecule has 0 aromatic heterocycles. The fourth-order valence-corrected chi connectivity index (χ4v) is 3.81. The molecular formula is C15H25NO3. The van der Waals surface area contributed by atoms with Crippen molar-refractivity contribution in [2.24, 2.45) is 11.3 Å². The maximum atomic E-state index is 12.5. The van der Waals surface area contributed by atoms with Gasteiger partial charge in [0, 0.05) is 19.0 Å². The van der Waals surface area contributed by atoms with E-state index in [4.69, 9.17) is 0 Å². The number of amides is 1. The molecule has 4 nitrogen and oxygen atoms in total. The van der Waals surface area contributed by atoms with E-state index in [0.717, 1.165) is 19.4 Å². The van der Waals surface area contributed by atoms with Crippen molar-refractivity contribution in [1.82, 2.24) is 4.90 Å². The molecule has 19 heavy (non-hydrogen) atoms. The lowest BCUT2D eigenvalue weighted by atomic mass is 9.79. The molecule has 1 N–H and O–H groups in total. The number of carboxylic acid groups (broad SMARTS) is 1. The highest BCUT2D eigenvalue weighted by molar-refractivity contribution is 5.85. The van der Waals surface area contributed by atoms with E-state index in [2.05, 4.69) is 0 Å². The van der Waals surface area contributed by atoms with Crippen LogP contribution in [0.15, 0.2) is 0 Å². The van der Waals surface area contributed by atoms with E-state index < -0.39 is 11.4 Å². The van der Waals surface area contributed by atoms with Gasteiger partial charge in [0.05, 0.1) is 5.41 Å². The molecule has 0 bridgehead atoms. The van der Waals surface area contributed by atoms with Crippen molar-refractivity contribution in [1.29, 1.82) is 0 Å². The van der Waals surface area contributed by atoms with Gasteiger partial charge in [-0.15, -0.1) is 0 Å². The van der Waals surface area contributed by atoms with Gasteiger partial charge < -0.3 is 10.0 Å². The van der Waals surface area contributed by atoms with Gasteiger partial charge in [0.1, 0.15) is 0 Å². The Bertz CT molecular complexity index is 362. The fraction of sp³-hybridized carbons (Fsp3) is 0.867. The molecule has 1 saturated heterocycles.